The second kappa shape index (κ2) is 7.63. The summed E-state index contributed by atoms with van der Waals surface area (Å²) in [6.45, 7) is 3.18. The fourth-order valence-corrected chi connectivity index (χ4v) is 3.00. The van der Waals surface area contributed by atoms with Crippen LogP contribution in [-0.2, 0) is 11.3 Å². The molecule has 4 rings (SSSR count). The summed E-state index contributed by atoms with van der Waals surface area (Å²) in [4.78, 5) is 23.3. The van der Waals surface area contributed by atoms with Crippen molar-refractivity contribution >= 4 is 22.7 Å². The lowest BCUT2D eigenvalue weighted by Crippen LogP contribution is -2.37. The van der Waals surface area contributed by atoms with E-state index in [1.54, 1.807) is 25.4 Å². The number of benzene rings is 1. The van der Waals surface area contributed by atoms with Crippen LogP contribution >= 0.6 is 0 Å². The quantitative estimate of drug-likeness (QED) is 0.737. The number of carbonyl (C=O) groups is 1. The van der Waals surface area contributed by atoms with Gasteiger partial charge in [0.2, 0.25) is 0 Å². The number of nitrogens with zero attached hydrogens (tertiary/aromatic N) is 3. The Balaban J connectivity index is 1.45. The van der Waals surface area contributed by atoms with Crippen LogP contribution < -0.4 is 15.0 Å². The van der Waals surface area contributed by atoms with E-state index in [2.05, 4.69) is 20.2 Å². The van der Waals surface area contributed by atoms with Crippen LogP contribution in [0.15, 0.2) is 40.9 Å². The van der Waals surface area contributed by atoms with Crippen molar-refractivity contribution in [1.82, 2.24) is 15.3 Å². The van der Waals surface area contributed by atoms with Crippen molar-refractivity contribution in [2.24, 2.45) is 0 Å². The molecular weight excluding hydrogens is 348 g/mol. The summed E-state index contributed by atoms with van der Waals surface area (Å²) in [6, 6.07) is 9.06. The first-order valence-electron chi connectivity index (χ1n) is 8.74. The number of anilines is 1. The van der Waals surface area contributed by atoms with Gasteiger partial charge >= 0.3 is 0 Å². The van der Waals surface area contributed by atoms with Crippen molar-refractivity contribution in [2.45, 2.75) is 6.54 Å². The Hall–Kier alpha value is -3.13. The standard InChI is InChI=1S/C19H20N4O4/c1-25-14-4-2-3-13-11-15(27-18(13)14)19(24)21-12-16-20-6-5-17(22-16)23-7-9-26-10-8-23/h2-6,11H,7-10,12H2,1H3,(H,21,24). The van der Waals surface area contributed by atoms with E-state index >= 15 is 0 Å². The summed E-state index contributed by atoms with van der Waals surface area (Å²) in [5.41, 5.74) is 0.552. The minimum Gasteiger partial charge on any atom is -0.493 e. The summed E-state index contributed by atoms with van der Waals surface area (Å²) in [6.07, 6.45) is 1.70. The number of morpholine rings is 1. The third-order valence-electron chi connectivity index (χ3n) is 4.38. The smallest absolute Gasteiger partial charge is 0.287 e. The van der Waals surface area contributed by atoms with Gasteiger partial charge in [0.25, 0.3) is 5.91 Å². The van der Waals surface area contributed by atoms with E-state index in [1.807, 2.05) is 18.2 Å². The highest BCUT2D eigenvalue weighted by molar-refractivity contribution is 5.97. The van der Waals surface area contributed by atoms with Crippen LogP contribution in [0.3, 0.4) is 0 Å². The van der Waals surface area contributed by atoms with Gasteiger partial charge in [-0.25, -0.2) is 9.97 Å². The second-order valence-electron chi connectivity index (χ2n) is 6.10. The van der Waals surface area contributed by atoms with E-state index in [1.165, 1.54) is 0 Å². The molecule has 1 N–H and O–H groups in total. The van der Waals surface area contributed by atoms with E-state index in [0.717, 1.165) is 24.3 Å². The number of fused-ring (bicyclic) bond motifs is 1. The Morgan fingerprint density at radius 2 is 2.15 bits per heavy atom. The van der Waals surface area contributed by atoms with Gasteiger partial charge in [0.15, 0.2) is 17.1 Å². The average Bonchev–Trinajstić information content (AvgIpc) is 3.17. The van der Waals surface area contributed by atoms with Crippen LogP contribution in [0.5, 0.6) is 5.75 Å². The molecule has 0 spiro atoms. The van der Waals surface area contributed by atoms with E-state index in [0.29, 0.717) is 30.4 Å². The molecule has 0 unspecified atom stereocenters. The number of furan rings is 1. The second-order valence-corrected chi connectivity index (χ2v) is 6.10. The number of amides is 1. The Morgan fingerprint density at radius 1 is 1.30 bits per heavy atom. The summed E-state index contributed by atoms with van der Waals surface area (Å²) in [5.74, 6) is 1.87. The number of carbonyl (C=O) groups excluding carboxylic acids is 1. The molecule has 8 heteroatoms. The van der Waals surface area contributed by atoms with Crippen LogP contribution in [0, 0.1) is 0 Å². The normalized spacial score (nSPS) is 14.3. The van der Waals surface area contributed by atoms with Gasteiger partial charge < -0.3 is 24.1 Å². The number of aromatic nitrogens is 2. The molecule has 0 atom stereocenters. The number of nitrogens with one attached hydrogen (secondary N) is 1. The molecule has 1 aromatic carbocycles. The summed E-state index contributed by atoms with van der Waals surface area (Å²) < 4.78 is 16.3. The molecule has 27 heavy (non-hydrogen) atoms. The van der Waals surface area contributed by atoms with Crippen molar-refractivity contribution in [3.05, 3.63) is 48.1 Å². The number of hydrogen-bond acceptors (Lipinski definition) is 7. The third kappa shape index (κ3) is 3.70. The maximum atomic E-state index is 12.4. The van der Waals surface area contributed by atoms with Gasteiger partial charge in [0.05, 0.1) is 26.9 Å². The number of methoxy groups -OCH3 is 1. The predicted octanol–water partition coefficient (Wildman–Crippen LogP) is 2.00. The topological polar surface area (TPSA) is 89.7 Å². The van der Waals surface area contributed by atoms with Gasteiger partial charge in [-0.3, -0.25) is 4.79 Å². The maximum Gasteiger partial charge on any atom is 0.287 e. The van der Waals surface area contributed by atoms with E-state index < -0.39 is 0 Å². The van der Waals surface area contributed by atoms with Crippen molar-refractivity contribution in [2.75, 3.05) is 38.3 Å². The van der Waals surface area contributed by atoms with Gasteiger partial charge in [-0.1, -0.05) is 12.1 Å². The van der Waals surface area contributed by atoms with Gasteiger partial charge in [0, 0.05) is 24.7 Å². The molecule has 0 aliphatic carbocycles. The van der Waals surface area contributed by atoms with Gasteiger partial charge in [0.1, 0.15) is 11.6 Å². The van der Waals surface area contributed by atoms with E-state index in [4.69, 9.17) is 13.9 Å². The zero-order chi connectivity index (χ0) is 18.6. The number of rotatable bonds is 5. The zero-order valence-corrected chi connectivity index (χ0v) is 15.0. The molecule has 0 saturated carbocycles. The monoisotopic (exact) mass is 368 g/mol. The van der Waals surface area contributed by atoms with Crippen LogP contribution in [0.1, 0.15) is 16.4 Å². The summed E-state index contributed by atoms with van der Waals surface area (Å²) in [5, 5.41) is 3.61. The van der Waals surface area contributed by atoms with Crippen molar-refractivity contribution in [3.63, 3.8) is 0 Å². The molecule has 3 aromatic rings. The first kappa shape index (κ1) is 17.3. The highest BCUT2D eigenvalue weighted by Gasteiger charge is 2.16. The lowest BCUT2D eigenvalue weighted by molar-refractivity contribution is 0.0924. The lowest BCUT2D eigenvalue weighted by atomic mass is 10.2. The molecule has 3 heterocycles. The molecule has 0 radical (unpaired) electrons. The first-order valence-corrected chi connectivity index (χ1v) is 8.74. The molecule has 1 aliphatic heterocycles. The Labute approximate surface area is 156 Å². The zero-order valence-electron chi connectivity index (χ0n) is 15.0. The van der Waals surface area contributed by atoms with Crippen molar-refractivity contribution < 1.29 is 18.7 Å². The van der Waals surface area contributed by atoms with Crippen LogP contribution in [0.2, 0.25) is 0 Å². The van der Waals surface area contributed by atoms with Gasteiger partial charge in [-0.05, 0) is 18.2 Å². The largest absolute Gasteiger partial charge is 0.493 e. The van der Waals surface area contributed by atoms with Gasteiger partial charge in [-0.2, -0.15) is 0 Å². The van der Waals surface area contributed by atoms with E-state index in [9.17, 15) is 4.79 Å². The molecule has 1 aliphatic rings. The van der Waals surface area contributed by atoms with E-state index in [-0.39, 0.29) is 18.2 Å². The molecule has 1 fully saturated rings. The Morgan fingerprint density at radius 3 is 2.96 bits per heavy atom. The molecular formula is C19H20N4O4. The minimum absolute atomic E-state index is 0.213. The SMILES string of the molecule is COc1cccc2cc(C(=O)NCc3nccc(N4CCOCC4)n3)oc12. The average molecular weight is 368 g/mol. The number of hydrogen-bond donors (Lipinski definition) is 1. The fraction of sp³-hybridized carbons (Fsp3) is 0.316. The van der Waals surface area contributed by atoms with Crippen molar-refractivity contribution in [1.29, 1.82) is 0 Å². The molecule has 0 bridgehead atoms. The van der Waals surface area contributed by atoms with Crippen LogP contribution in [0.25, 0.3) is 11.0 Å². The Bertz CT molecular complexity index is 950. The predicted molar refractivity (Wildman–Crippen MR) is 99.0 cm³/mol. The summed E-state index contributed by atoms with van der Waals surface area (Å²) >= 11 is 0. The number of para-hydroxylation sites is 1. The minimum atomic E-state index is -0.325. The lowest BCUT2D eigenvalue weighted by Gasteiger charge is -2.27. The van der Waals surface area contributed by atoms with Crippen molar-refractivity contribution in [3.8, 4) is 5.75 Å². The van der Waals surface area contributed by atoms with Crippen LogP contribution in [-0.4, -0.2) is 49.3 Å². The molecule has 1 amide bonds. The maximum absolute atomic E-state index is 12.4. The summed E-state index contributed by atoms with van der Waals surface area (Å²) in [7, 11) is 1.57. The highest BCUT2D eigenvalue weighted by atomic mass is 16.5. The Kier molecular flexibility index (Phi) is 4.88. The molecule has 2 aromatic heterocycles. The first-order chi connectivity index (χ1) is 13.2. The fourth-order valence-electron chi connectivity index (χ4n) is 3.00. The third-order valence-corrected chi connectivity index (χ3v) is 4.38. The molecule has 8 nitrogen and oxygen atoms in total. The van der Waals surface area contributed by atoms with Gasteiger partial charge in [-0.15, -0.1) is 0 Å². The highest BCUT2D eigenvalue weighted by Crippen LogP contribution is 2.28. The number of ether oxygens (including phenoxy) is 2. The van der Waals surface area contributed by atoms with Crippen LogP contribution in [0.4, 0.5) is 5.82 Å². The molecule has 140 valence electrons. The molecule has 1 saturated heterocycles.